The van der Waals surface area contributed by atoms with Crippen LogP contribution in [0.1, 0.15) is 52.4 Å². The molecule has 1 saturated heterocycles. The Hall–Kier alpha value is -0.390. The molecule has 1 unspecified atom stereocenters. The Labute approximate surface area is 117 Å². The average Bonchev–Trinajstić information content (AvgIpc) is 2.40. The summed E-state index contributed by atoms with van der Waals surface area (Å²) in [5, 5.41) is 0. The summed E-state index contributed by atoms with van der Waals surface area (Å²) in [5.74, 6) is 0.643. The van der Waals surface area contributed by atoms with E-state index in [0.717, 1.165) is 25.7 Å². The summed E-state index contributed by atoms with van der Waals surface area (Å²) in [6.07, 6.45) is 8.67. The fraction of sp³-hybridized carbons (Fsp3) is 0.857. The van der Waals surface area contributed by atoms with Gasteiger partial charge < -0.3 is 0 Å². The Morgan fingerprint density at radius 2 is 2.00 bits per heavy atom. The molecular formula is C14H26N2O2S. The van der Waals surface area contributed by atoms with Gasteiger partial charge in [0, 0.05) is 19.1 Å². The van der Waals surface area contributed by atoms with E-state index in [-0.39, 0.29) is 6.04 Å². The molecule has 0 aromatic rings. The van der Waals surface area contributed by atoms with E-state index in [2.05, 4.69) is 17.7 Å². The minimum Gasteiger partial charge on any atom is -0.195 e. The van der Waals surface area contributed by atoms with E-state index in [1.165, 1.54) is 18.4 Å². The molecule has 0 aromatic heterocycles. The largest absolute Gasteiger partial charge is 0.279 e. The van der Waals surface area contributed by atoms with Crippen molar-refractivity contribution < 1.29 is 8.42 Å². The number of nitrogens with zero attached hydrogens (tertiary/aromatic N) is 1. The highest BCUT2D eigenvalue weighted by Crippen LogP contribution is 2.22. The van der Waals surface area contributed by atoms with Gasteiger partial charge in [-0.2, -0.15) is 17.4 Å². The number of allylic oxidation sites excluding steroid dienone is 1. The third-order valence-corrected chi connectivity index (χ3v) is 5.99. The molecule has 1 atom stereocenters. The van der Waals surface area contributed by atoms with Crippen molar-refractivity contribution in [1.82, 2.24) is 9.03 Å². The molecule has 0 amide bonds. The second kappa shape index (κ2) is 6.37. The Bertz CT molecular complexity index is 423. The van der Waals surface area contributed by atoms with Crippen LogP contribution in [0.2, 0.25) is 0 Å². The van der Waals surface area contributed by atoms with Crippen molar-refractivity contribution in [3.63, 3.8) is 0 Å². The fourth-order valence-electron chi connectivity index (χ4n) is 2.86. The molecular weight excluding hydrogens is 260 g/mol. The zero-order valence-corrected chi connectivity index (χ0v) is 12.9. The molecule has 0 radical (unpaired) electrons. The van der Waals surface area contributed by atoms with Crippen LogP contribution in [0.15, 0.2) is 11.6 Å². The summed E-state index contributed by atoms with van der Waals surface area (Å²) in [4.78, 5) is 0. The van der Waals surface area contributed by atoms with Crippen LogP contribution >= 0.6 is 0 Å². The van der Waals surface area contributed by atoms with E-state index in [4.69, 9.17) is 0 Å². The van der Waals surface area contributed by atoms with Crippen LogP contribution in [0, 0.1) is 5.92 Å². The van der Waals surface area contributed by atoms with Gasteiger partial charge in [0.15, 0.2) is 0 Å². The van der Waals surface area contributed by atoms with Crippen molar-refractivity contribution in [1.29, 1.82) is 0 Å². The van der Waals surface area contributed by atoms with Crippen LogP contribution in [0.4, 0.5) is 0 Å². The number of hydrogen-bond donors (Lipinski definition) is 1. The summed E-state index contributed by atoms with van der Waals surface area (Å²) >= 11 is 0. The Morgan fingerprint density at radius 3 is 2.58 bits per heavy atom. The first-order valence-corrected chi connectivity index (χ1v) is 8.89. The van der Waals surface area contributed by atoms with Gasteiger partial charge in [-0.1, -0.05) is 18.6 Å². The van der Waals surface area contributed by atoms with Crippen molar-refractivity contribution in [3.8, 4) is 0 Å². The lowest BCUT2D eigenvalue weighted by Gasteiger charge is -2.31. The Morgan fingerprint density at radius 1 is 1.32 bits per heavy atom. The van der Waals surface area contributed by atoms with Crippen molar-refractivity contribution in [2.75, 3.05) is 13.1 Å². The number of piperidine rings is 1. The lowest BCUT2D eigenvalue weighted by molar-refractivity contribution is 0.284. The third kappa shape index (κ3) is 4.04. The minimum absolute atomic E-state index is 0.0651. The quantitative estimate of drug-likeness (QED) is 0.807. The summed E-state index contributed by atoms with van der Waals surface area (Å²) in [7, 11) is -3.31. The maximum atomic E-state index is 12.3. The number of hydrogen-bond acceptors (Lipinski definition) is 2. The van der Waals surface area contributed by atoms with E-state index < -0.39 is 10.2 Å². The van der Waals surface area contributed by atoms with Crippen molar-refractivity contribution in [2.24, 2.45) is 5.92 Å². The highest BCUT2D eigenvalue weighted by atomic mass is 32.2. The first-order valence-electron chi connectivity index (χ1n) is 7.45. The van der Waals surface area contributed by atoms with E-state index in [1.807, 2.05) is 6.92 Å². The Kier molecular flexibility index (Phi) is 5.03. The summed E-state index contributed by atoms with van der Waals surface area (Å²) in [5.41, 5.74) is 1.25. The highest BCUT2D eigenvalue weighted by molar-refractivity contribution is 7.87. The van der Waals surface area contributed by atoms with Crippen LogP contribution in [0.25, 0.3) is 0 Å². The molecule has 1 aliphatic heterocycles. The van der Waals surface area contributed by atoms with Crippen LogP contribution < -0.4 is 4.72 Å². The Balaban J connectivity index is 1.94. The predicted octanol–water partition coefficient (Wildman–Crippen LogP) is 2.44. The normalized spacial score (nSPS) is 25.1. The smallest absolute Gasteiger partial charge is 0.195 e. The van der Waals surface area contributed by atoms with E-state index in [1.54, 1.807) is 4.31 Å². The standard InChI is InChI=1S/C14H26N2O2S/c1-12-8-10-16(11-9-12)19(17,18)15-13(2)14-6-4-3-5-7-14/h6,12-13,15H,3-5,7-11H2,1-2H3. The molecule has 0 aromatic carbocycles. The molecule has 19 heavy (non-hydrogen) atoms. The van der Waals surface area contributed by atoms with E-state index >= 15 is 0 Å². The van der Waals surface area contributed by atoms with Gasteiger partial charge in [0.2, 0.25) is 0 Å². The van der Waals surface area contributed by atoms with Gasteiger partial charge in [-0.25, -0.2) is 0 Å². The summed E-state index contributed by atoms with van der Waals surface area (Å²) in [6.45, 7) is 5.46. The average molecular weight is 286 g/mol. The molecule has 4 nitrogen and oxygen atoms in total. The van der Waals surface area contributed by atoms with Gasteiger partial charge in [0.05, 0.1) is 0 Å². The SMILES string of the molecule is CC1CCN(S(=O)(=O)NC(C)C2=CCCCC2)CC1. The highest BCUT2D eigenvalue weighted by Gasteiger charge is 2.28. The molecule has 1 fully saturated rings. The van der Waals surface area contributed by atoms with E-state index in [0.29, 0.717) is 19.0 Å². The van der Waals surface area contributed by atoms with Crippen LogP contribution in [0.3, 0.4) is 0 Å². The molecule has 0 spiro atoms. The van der Waals surface area contributed by atoms with Crippen molar-refractivity contribution >= 4 is 10.2 Å². The second-order valence-electron chi connectivity index (χ2n) is 5.95. The van der Waals surface area contributed by atoms with Gasteiger partial charge in [-0.3, -0.25) is 0 Å². The molecule has 1 aliphatic carbocycles. The van der Waals surface area contributed by atoms with Crippen molar-refractivity contribution in [3.05, 3.63) is 11.6 Å². The molecule has 0 bridgehead atoms. The van der Waals surface area contributed by atoms with Crippen LogP contribution in [-0.4, -0.2) is 31.9 Å². The monoisotopic (exact) mass is 286 g/mol. The first kappa shape index (κ1) is 15.0. The maximum Gasteiger partial charge on any atom is 0.279 e. The number of rotatable bonds is 4. The molecule has 2 aliphatic rings. The van der Waals surface area contributed by atoms with Crippen molar-refractivity contribution in [2.45, 2.75) is 58.4 Å². The lowest BCUT2D eigenvalue weighted by Crippen LogP contribution is -2.47. The molecule has 110 valence electrons. The van der Waals surface area contributed by atoms with Gasteiger partial charge in [-0.05, 0) is 51.4 Å². The lowest BCUT2D eigenvalue weighted by atomic mass is 9.95. The third-order valence-electron chi connectivity index (χ3n) is 4.29. The topological polar surface area (TPSA) is 49.4 Å². The molecule has 5 heteroatoms. The van der Waals surface area contributed by atoms with Gasteiger partial charge in [0.25, 0.3) is 10.2 Å². The second-order valence-corrected chi connectivity index (χ2v) is 7.65. The fourth-order valence-corrected chi connectivity index (χ4v) is 4.29. The van der Waals surface area contributed by atoms with Gasteiger partial charge >= 0.3 is 0 Å². The molecule has 2 rings (SSSR count). The maximum absolute atomic E-state index is 12.3. The molecule has 1 heterocycles. The molecule has 1 N–H and O–H groups in total. The predicted molar refractivity (Wildman–Crippen MR) is 78.0 cm³/mol. The molecule has 0 saturated carbocycles. The van der Waals surface area contributed by atoms with Crippen LogP contribution in [0.5, 0.6) is 0 Å². The van der Waals surface area contributed by atoms with Gasteiger partial charge in [-0.15, -0.1) is 0 Å². The number of nitrogens with one attached hydrogen (secondary N) is 1. The summed E-state index contributed by atoms with van der Waals surface area (Å²) in [6, 6.07) is -0.0651. The van der Waals surface area contributed by atoms with E-state index in [9.17, 15) is 8.42 Å². The summed E-state index contributed by atoms with van der Waals surface area (Å²) < 4.78 is 29.1. The zero-order valence-electron chi connectivity index (χ0n) is 12.1. The minimum atomic E-state index is -3.31. The van der Waals surface area contributed by atoms with Gasteiger partial charge in [0.1, 0.15) is 0 Å². The van der Waals surface area contributed by atoms with Crippen LogP contribution in [-0.2, 0) is 10.2 Å². The first-order chi connectivity index (χ1) is 8.99. The zero-order chi connectivity index (χ0) is 13.9.